The van der Waals surface area contributed by atoms with Crippen LogP contribution in [-0.4, -0.2) is 26.8 Å². The van der Waals surface area contributed by atoms with Crippen molar-refractivity contribution in [3.8, 4) is 0 Å². The van der Waals surface area contributed by atoms with Gasteiger partial charge >= 0.3 is 0 Å². The highest BCUT2D eigenvalue weighted by atomic mass is 19.1. The van der Waals surface area contributed by atoms with E-state index in [1.165, 1.54) is 12.1 Å². The highest BCUT2D eigenvalue weighted by Crippen LogP contribution is 2.31. The zero-order chi connectivity index (χ0) is 15.2. The number of hydrogen-bond donors (Lipinski definition) is 1. The Hall–Kier alpha value is -1.00. The maximum atomic E-state index is 13.8. The van der Waals surface area contributed by atoms with Crippen LogP contribution in [0.5, 0.6) is 0 Å². The second kappa shape index (κ2) is 7.70. The van der Waals surface area contributed by atoms with Crippen LogP contribution in [0, 0.1) is 23.0 Å². The number of methoxy groups -OCH3 is 1. The standard InChI is InChI=1S/C16H25F2NO/c1-12(2)16(3,11-19-7-8-20-4)10-13-9-14(17)5-6-15(13)18/h5-6,9,12,19H,7-8,10-11H2,1-4H3. The van der Waals surface area contributed by atoms with Crippen LogP contribution in [0.1, 0.15) is 26.3 Å². The summed E-state index contributed by atoms with van der Waals surface area (Å²) >= 11 is 0. The molecule has 1 N–H and O–H groups in total. The van der Waals surface area contributed by atoms with Crippen LogP contribution < -0.4 is 5.32 Å². The van der Waals surface area contributed by atoms with Gasteiger partial charge < -0.3 is 10.1 Å². The summed E-state index contributed by atoms with van der Waals surface area (Å²) in [6, 6.07) is 3.65. The molecular formula is C16H25F2NO. The Kier molecular flexibility index (Phi) is 6.56. The number of benzene rings is 1. The SMILES string of the molecule is COCCNCC(C)(Cc1cc(F)ccc1F)C(C)C. The summed E-state index contributed by atoms with van der Waals surface area (Å²) in [5, 5.41) is 3.32. The van der Waals surface area contributed by atoms with E-state index in [9.17, 15) is 8.78 Å². The predicted molar refractivity (Wildman–Crippen MR) is 77.8 cm³/mol. The van der Waals surface area contributed by atoms with Crippen molar-refractivity contribution in [1.29, 1.82) is 0 Å². The average Bonchev–Trinajstić information content (AvgIpc) is 2.39. The van der Waals surface area contributed by atoms with Crippen LogP contribution in [-0.2, 0) is 11.2 Å². The smallest absolute Gasteiger partial charge is 0.126 e. The van der Waals surface area contributed by atoms with E-state index in [1.54, 1.807) is 7.11 Å². The van der Waals surface area contributed by atoms with Gasteiger partial charge in [0.05, 0.1) is 6.61 Å². The first-order valence-corrected chi connectivity index (χ1v) is 7.02. The van der Waals surface area contributed by atoms with Crippen molar-refractivity contribution in [2.24, 2.45) is 11.3 Å². The Morgan fingerprint density at radius 2 is 2.00 bits per heavy atom. The number of rotatable bonds is 8. The summed E-state index contributed by atoms with van der Waals surface area (Å²) in [6.07, 6.45) is 0.508. The maximum absolute atomic E-state index is 13.8. The van der Waals surface area contributed by atoms with Crippen LogP contribution in [0.2, 0.25) is 0 Å². The molecule has 0 amide bonds. The van der Waals surface area contributed by atoms with Crippen molar-refractivity contribution in [2.75, 3.05) is 26.8 Å². The molecular weight excluding hydrogens is 260 g/mol. The number of nitrogens with one attached hydrogen (secondary N) is 1. The average molecular weight is 285 g/mol. The van der Waals surface area contributed by atoms with Crippen molar-refractivity contribution < 1.29 is 13.5 Å². The summed E-state index contributed by atoms with van der Waals surface area (Å²) in [7, 11) is 1.66. The molecule has 0 aromatic heterocycles. The third kappa shape index (κ3) is 4.84. The quantitative estimate of drug-likeness (QED) is 0.739. The van der Waals surface area contributed by atoms with Gasteiger partial charge in [0.2, 0.25) is 0 Å². The number of halogens is 2. The monoisotopic (exact) mass is 285 g/mol. The molecule has 0 aliphatic rings. The molecule has 0 aliphatic heterocycles. The minimum Gasteiger partial charge on any atom is -0.383 e. The highest BCUT2D eigenvalue weighted by molar-refractivity contribution is 5.20. The lowest BCUT2D eigenvalue weighted by molar-refractivity contribution is 0.174. The summed E-state index contributed by atoms with van der Waals surface area (Å²) < 4.78 is 32.1. The van der Waals surface area contributed by atoms with E-state index < -0.39 is 0 Å². The van der Waals surface area contributed by atoms with Crippen molar-refractivity contribution in [3.63, 3.8) is 0 Å². The van der Waals surface area contributed by atoms with E-state index in [0.717, 1.165) is 19.2 Å². The summed E-state index contributed by atoms with van der Waals surface area (Å²) in [6.45, 7) is 8.45. The first-order valence-electron chi connectivity index (χ1n) is 7.02. The van der Waals surface area contributed by atoms with Gasteiger partial charge in [-0.05, 0) is 41.5 Å². The van der Waals surface area contributed by atoms with E-state index >= 15 is 0 Å². The van der Waals surface area contributed by atoms with Gasteiger partial charge in [-0.2, -0.15) is 0 Å². The van der Waals surface area contributed by atoms with Crippen LogP contribution in [0.4, 0.5) is 8.78 Å². The molecule has 0 bridgehead atoms. The molecule has 1 atom stereocenters. The molecule has 1 aromatic rings. The molecule has 0 aliphatic carbocycles. The molecule has 1 aromatic carbocycles. The molecule has 2 nitrogen and oxygen atoms in total. The number of ether oxygens (including phenoxy) is 1. The van der Waals surface area contributed by atoms with Gasteiger partial charge in [0, 0.05) is 20.2 Å². The third-order valence-electron chi connectivity index (χ3n) is 4.01. The van der Waals surface area contributed by atoms with E-state index in [0.29, 0.717) is 24.5 Å². The molecule has 4 heteroatoms. The lowest BCUT2D eigenvalue weighted by Crippen LogP contribution is -2.39. The van der Waals surface area contributed by atoms with Gasteiger partial charge in [-0.15, -0.1) is 0 Å². The molecule has 114 valence electrons. The Morgan fingerprint density at radius 1 is 1.30 bits per heavy atom. The van der Waals surface area contributed by atoms with Crippen molar-refractivity contribution in [3.05, 3.63) is 35.4 Å². The number of hydrogen-bond acceptors (Lipinski definition) is 2. The minimum absolute atomic E-state index is 0.137. The van der Waals surface area contributed by atoms with E-state index in [4.69, 9.17) is 4.74 Å². The van der Waals surface area contributed by atoms with Crippen molar-refractivity contribution in [2.45, 2.75) is 27.2 Å². The highest BCUT2D eigenvalue weighted by Gasteiger charge is 2.29. The van der Waals surface area contributed by atoms with E-state index in [-0.39, 0.29) is 17.0 Å². The zero-order valence-electron chi connectivity index (χ0n) is 12.8. The lowest BCUT2D eigenvalue weighted by Gasteiger charge is -2.34. The summed E-state index contributed by atoms with van der Waals surface area (Å²) in [4.78, 5) is 0. The zero-order valence-corrected chi connectivity index (χ0v) is 12.8. The van der Waals surface area contributed by atoms with Crippen LogP contribution in [0.15, 0.2) is 18.2 Å². The van der Waals surface area contributed by atoms with Crippen LogP contribution in [0.3, 0.4) is 0 Å². The predicted octanol–water partition coefficient (Wildman–Crippen LogP) is 3.41. The van der Waals surface area contributed by atoms with Crippen molar-refractivity contribution in [1.82, 2.24) is 5.32 Å². The Morgan fingerprint density at radius 3 is 2.60 bits per heavy atom. The molecule has 0 saturated carbocycles. The Labute approximate surface area is 120 Å². The first-order chi connectivity index (χ1) is 9.39. The van der Waals surface area contributed by atoms with E-state index in [2.05, 4.69) is 26.1 Å². The first kappa shape index (κ1) is 17.1. The molecule has 1 unspecified atom stereocenters. The second-order valence-corrected chi connectivity index (χ2v) is 5.89. The molecule has 1 rings (SSSR count). The normalized spacial score (nSPS) is 14.6. The van der Waals surface area contributed by atoms with Gasteiger partial charge in [-0.25, -0.2) is 8.78 Å². The summed E-state index contributed by atoms with van der Waals surface area (Å²) in [5.41, 5.74) is 0.303. The third-order valence-corrected chi connectivity index (χ3v) is 4.01. The minimum atomic E-state index is -0.389. The van der Waals surface area contributed by atoms with Crippen LogP contribution >= 0.6 is 0 Å². The van der Waals surface area contributed by atoms with Gasteiger partial charge in [-0.1, -0.05) is 20.8 Å². The molecule has 0 spiro atoms. The molecule has 0 fully saturated rings. The van der Waals surface area contributed by atoms with Gasteiger partial charge in [0.25, 0.3) is 0 Å². The summed E-state index contributed by atoms with van der Waals surface area (Å²) in [5.74, 6) is -0.379. The second-order valence-electron chi connectivity index (χ2n) is 5.89. The maximum Gasteiger partial charge on any atom is 0.126 e. The van der Waals surface area contributed by atoms with E-state index in [1.807, 2.05) is 0 Å². The topological polar surface area (TPSA) is 21.3 Å². The fraction of sp³-hybridized carbons (Fsp3) is 0.625. The van der Waals surface area contributed by atoms with Gasteiger partial charge in [0.1, 0.15) is 11.6 Å². The Bertz CT molecular complexity index is 423. The van der Waals surface area contributed by atoms with Gasteiger partial charge in [-0.3, -0.25) is 0 Å². The lowest BCUT2D eigenvalue weighted by atomic mass is 9.74. The molecule has 20 heavy (non-hydrogen) atoms. The fourth-order valence-corrected chi connectivity index (χ4v) is 2.13. The Balaban J connectivity index is 2.77. The van der Waals surface area contributed by atoms with Crippen LogP contribution in [0.25, 0.3) is 0 Å². The molecule has 0 saturated heterocycles. The largest absolute Gasteiger partial charge is 0.383 e. The molecule has 0 heterocycles. The van der Waals surface area contributed by atoms with Gasteiger partial charge in [0.15, 0.2) is 0 Å². The fourth-order valence-electron chi connectivity index (χ4n) is 2.13. The van der Waals surface area contributed by atoms with Crippen molar-refractivity contribution >= 4 is 0 Å². The molecule has 0 radical (unpaired) electrons.